The summed E-state index contributed by atoms with van der Waals surface area (Å²) in [5.41, 5.74) is 4.27. The van der Waals surface area contributed by atoms with Crippen LogP contribution in [-0.4, -0.2) is 59.2 Å². The number of amides is 3. The second-order valence-corrected chi connectivity index (χ2v) is 9.30. The number of hydrogen-bond donors (Lipinski definition) is 2. The summed E-state index contributed by atoms with van der Waals surface area (Å²) in [5.74, 6) is -4.50. The Labute approximate surface area is 217 Å². The van der Waals surface area contributed by atoms with Gasteiger partial charge in [-0.1, -0.05) is 30.4 Å². The smallest absolute Gasteiger partial charge is 0.268 e. The van der Waals surface area contributed by atoms with Gasteiger partial charge in [-0.2, -0.15) is 5.26 Å². The van der Waals surface area contributed by atoms with Crippen LogP contribution >= 0.6 is 0 Å². The lowest BCUT2D eigenvalue weighted by Crippen LogP contribution is -2.43. The Balaban J connectivity index is 1.32. The molecule has 0 spiro atoms. The van der Waals surface area contributed by atoms with Gasteiger partial charge in [-0.25, -0.2) is 8.78 Å². The average molecular weight is 516 g/mol. The maximum atomic E-state index is 13.7. The number of benzene rings is 2. The van der Waals surface area contributed by atoms with Crippen LogP contribution in [0.15, 0.2) is 48.7 Å². The van der Waals surface area contributed by atoms with Crippen molar-refractivity contribution >= 4 is 40.8 Å². The van der Waals surface area contributed by atoms with Gasteiger partial charge in [0.2, 0.25) is 5.91 Å². The molecule has 2 aliphatic heterocycles. The normalized spacial score (nSPS) is 18.2. The second-order valence-electron chi connectivity index (χ2n) is 9.30. The third-order valence-electron chi connectivity index (χ3n) is 6.67. The van der Waals surface area contributed by atoms with Crippen molar-refractivity contribution in [2.45, 2.75) is 24.8 Å². The van der Waals surface area contributed by atoms with Crippen LogP contribution in [0, 0.1) is 11.3 Å². The minimum Gasteiger partial charge on any atom is -0.352 e. The number of nitrogens with one attached hydrogen (secondary N) is 2. The molecular weight excluding hydrogens is 492 g/mol. The average Bonchev–Trinajstić information content (AvgIpc) is 3.24. The van der Waals surface area contributed by atoms with Gasteiger partial charge in [0.15, 0.2) is 0 Å². The van der Waals surface area contributed by atoms with Crippen molar-refractivity contribution in [3.05, 3.63) is 76.5 Å². The highest BCUT2D eigenvalue weighted by molar-refractivity contribution is 6.07. The molecular formula is C28H23F2N5O3. The Morgan fingerprint density at radius 2 is 1.95 bits per heavy atom. The number of carbonyl (C=O) groups is 3. The second kappa shape index (κ2) is 10.0. The topological polar surface area (TPSA) is 115 Å². The van der Waals surface area contributed by atoms with E-state index in [4.69, 9.17) is 5.26 Å². The zero-order valence-corrected chi connectivity index (χ0v) is 20.2. The van der Waals surface area contributed by atoms with E-state index in [2.05, 4.69) is 15.6 Å². The fourth-order valence-corrected chi connectivity index (χ4v) is 4.76. The highest BCUT2D eigenvalue weighted by Gasteiger charge is 2.47. The molecule has 38 heavy (non-hydrogen) atoms. The van der Waals surface area contributed by atoms with Gasteiger partial charge in [0.25, 0.3) is 17.7 Å². The molecule has 2 aliphatic rings. The van der Waals surface area contributed by atoms with Gasteiger partial charge in [-0.05, 0) is 47.4 Å². The lowest BCUT2D eigenvalue weighted by atomic mass is 9.97. The summed E-state index contributed by atoms with van der Waals surface area (Å²) < 4.78 is 27.3. The van der Waals surface area contributed by atoms with Gasteiger partial charge < -0.3 is 15.5 Å². The van der Waals surface area contributed by atoms with E-state index in [1.165, 1.54) is 12.3 Å². The van der Waals surface area contributed by atoms with E-state index in [1.807, 2.05) is 30.4 Å². The Morgan fingerprint density at radius 3 is 2.74 bits per heavy atom. The zero-order chi connectivity index (χ0) is 26.9. The first kappa shape index (κ1) is 25.0. The van der Waals surface area contributed by atoms with Gasteiger partial charge in [-0.3, -0.25) is 19.4 Å². The molecule has 8 nitrogen and oxygen atoms in total. The largest absolute Gasteiger partial charge is 0.352 e. The van der Waals surface area contributed by atoms with E-state index in [1.54, 1.807) is 24.3 Å². The third-order valence-corrected chi connectivity index (χ3v) is 6.67. The summed E-state index contributed by atoms with van der Waals surface area (Å²) in [7, 11) is 0. The molecule has 3 amide bonds. The number of fused-ring (bicyclic) bond motifs is 2. The number of halogens is 2. The first-order valence-corrected chi connectivity index (χ1v) is 12.1. The number of aromatic nitrogens is 1. The van der Waals surface area contributed by atoms with Crippen LogP contribution in [0.1, 0.15) is 43.8 Å². The summed E-state index contributed by atoms with van der Waals surface area (Å²) in [6.07, 6.45) is 5.33. The molecule has 1 unspecified atom stereocenters. The molecule has 0 bridgehead atoms. The molecule has 10 heteroatoms. The van der Waals surface area contributed by atoms with E-state index in [0.717, 1.165) is 28.0 Å². The molecule has 1 fully saturated rings. The summed E-state index contributed by atoms with van der Waals surface area (Å²) >= 11 is 0. The number of likely N-dealkylation sites (tertiary alicyclic amines) is 1. The highest BCUT2D eigenvalue weighted by atomic mass is 19.3. The van der Waals surface area contributed by atoms with Crippen LogP contribution in [0.25, 0.3) is 23.1 Å². The van der Waals surface area contributed by atoms with Crippen molar-refractivity contribution in [2.24, 2.45) is 0 Å². The molecule has 1 aromatic heterocycles. The number of alkyl halides is 2. The van der Waals surface area contributed by atoms with Crippen LogP contribution in [0.5, 0.6) is 0 Å². The maximum Gasteiger partial charge on any atom is 0.268 e. The van der Waals surface area contributed by atoms with E-state index < -0.39 is 43.3 Å². The third kappa shape index (κ3) is 5.09. The molecule has 192 valence electrons. The van der Waals surface area contributed by atoms with Gasteiger partial charge in [-0.15, -0.1) is 0 Å². The van der Waals surface area contributed by atoms with Crippen molar-refractivity contribution in [2.75, 3.05) is 19.6 Å². The molecule has 0 radical (unpaired) electrons. The van der Waals surface area contributed by atoms with E-state index in [0.29, 0.717) is 23.0 Å². The van der Waals surface area contributed by atoms with Crippen LogP contribution in [-0.2, 0) is 11.2 Å². The molecule has 5 rings (SSSR count). The fourth-order valence-electron chi connectivity index (χ4n) is 4.76. The first-order chi connectivity index (χ1) is 18.2. The number of nitriles is 1. The summed E-state index contributed by atoms with van der Waals surface area (Å²) in [6.45, 7) is -0.741. The number of pyridine rings is 1. The quantitative estimate of drug-likeness (QED) is 0.507. The number of nitrogens with zero attached hydrogens (tertiary/aromatic N) is 3. The van der Waals surface area contributed by atoms with Crippen LogP contribution in [0.2, 0.25) is 0 Å². The molecule has 2 N–H and O–H groups in total. The monoisotopic (exact) mass is 515 g/mol. The molecule has 3 aromatic rings. The standard InChI is InChI=1S/C28H23F2N5O3/c29-28(30)13-20(14-31)35(16-28)25(36)15-34-27(38)22-8-10-32-24-6-4-18(12-23(22)24)2-1-17-3-5-21-19(11-17)7-9-33-26(21)37/h1-6,8,10-12,20H,7,9,13,15-16H2,(H,33,37)(H,34,38). The molecule has 0 aliphatic carbocycles. The molecule has 0 saturated carbocycles. The molecule has 1 saturated heterocycles. The minimum absolute atomic E-state index is 0.0698. The molecule has 3 heterocycles. The van der Waals surface area contributed by atoms with E-state index in [-0.39, 0.29) is 11.5 Å². The highest BCUT2D eigenvalue weighted by Crippen LogP contribution is 2.31. The minimum atomic E-state index is -3.13. The molecule has 2 aromatic carbocycles. The van der Waals surface area contributed by atoms with E-state index in [9.17, 15) is 23.2 Å². The predicted octanol–water partition coefficient (Wildman–Crippen LogP) is 3.18. The SMILES string of the molecule is N#CC1CC(F)(F)CN1C(=O)CNC(=O)c1ccnc2ccc(C=Cc3ccc4c(c3)CCNC4=O)cc12. The number of rotatable bonds is 5. The Bertz CT molecular complexity index is 1530. The van der Waals surface area contributed by atoms with Crippen LogP contribution in [0.4, 0.5) is 8.78 Å². The van der Waals surface area contributed by atoms with Crippen molar-refractivity contribution in [3.8, 4) is 6.07 Å². The van der Waals surface area contributed by atoms with Crippen LogP contribution in [0.3, 0.4) is 0 Å². The summed E-state index contributed by atoms with van der Waals surface area (Å²) in [5, 5.41) is 15.0. The Kier molecular flexibility index (Phi) is 6.59. The van der Waals surface area contributed by atoms with Crippen LogP contribution < -0.4 is 10.6 Å². The summed E-state index contributed by atoms with van der Waals surface area (Å²) in [6, 6.07) is 13.1. The van der Waals surface area contributed by atoms with Crippen molar-refractivity contribution < 1.29 is 23.2 Å². The lowest BCUT2D eigenvalue weighted by molar-refractivity contribution is -0.131. The van der Waals surface area contributed by atoms with E-state index >= 15 is 0 Å². The fraction of sp³-hybridized carbons (Fsp3) is 0.250. The maximum absolute atomic E-state index is 13.7. The Morgan fingerprint density at radius 1 is 1.18 bits per heavy atom. The van der Waals surface area contributed by atoms with Crippen molar-refractivity contribution in [3.63, 3.8) is 0 Å². The van der Waals surface area contributed by atoms with Gasteiger partial charge >= 0.3 is 0 Å². The zero-order valence-electron chi connectivity index (χ0n) is 20.2. The van der Waals surface area contributed by atoms with Gasteiger partial charge in [0.1, 0.15) is 6.04 Å². The Hall–Kier alpha value is -4.65. The lowest BCUT2D eigenvalue weighted by Gasteiger charge is -2.19. The van der Waals surface area contributed by atoms with Crippen molar-refractivity contribution in [1.29, 1.82) is 5.26 Å². The predicted molar refractivity (Wildman–Crippen MR) is 136 cm³/mol. The first-order valence-electron chi connectivity index (χ1n) is 12.1. The number of carbonyl (C=O) groups excluding carboxylic acids is 3. The summed E-state index contributed by atoms with van der Waals surface area (Å²) in [4.78, 5) is 42.5. The van der Waals surface area contributed by atoms with Gasteiger partial charge in [0, 0.05) is 30.1 Å². The van der Waals surface area contributed by atoms with Gasteiger partial charge in [0.05, 0.1) is 30.2 Å². The molecule has 1 atom stereocenters. The van der Waals surface area contributed by atoms with Crippen molar-refractivity contribution in [1.82, 2.24) is 20.5 Å². The number of hydrogen-bond acceptors (Lipinski definition) is 5.